The van der Waals surface area contributed by atoms with Gasteiger partial charge in [-0.15, -0.1) is 0 Å². The van der Waals surface area contributed by atoms with E-state index < -0.39 is 23.6 Å². The van der Waals surface area contributed by atoms with Crippen molar-refractivity contribution in [2.24, 2.45) is 0 Å². The molecule has 1 aliphatic heterocycles. The molecular formula is C27H26F2N2O3. The van der Waals surface area contributed by atoms with Crippen LogP contribution in [0.15, 0.2) is 66.7 Å². The number of anilines is 1. The van der Waals surface area contributed by atoms with Crippen molar-refractivity contribution in [1.29, 1.82) is 0 Å². The van der Waals surface area contributed by atoms with Crippen molar-refractivity contribution in [3.63, 3.8) is 0 Å². The summed E-state index contributed by atoms with van der Waals surface area (Å²) < 4.78 is 33.3. The number of nitrogens with one attached hydrogen (secondary N) is 1. The number of ether oxygens (including phenoxy) is 1. The van der Waals surface area contributed by atoms with E-state index in [0.717, 1.165) is 29.7 Å². The smallest absolute Gasteiger partial charge is 0.264 e. The fourth-order valence-electron chi connectivity index (χ4n) is 4.25. The Labute approximate surface area is 197 Å². The molecule has 1 N–H and O–H groups in total. The maximum atomic E-state index is 14.0. The highest BCUT2D eigenvalue weighted by Crippen LogP contribution is 2.35. The van der Waals surface area contributed by atoms with Crippen LogP contribution >= 0.6 is 0 Å². The molecule has 0 radical (unpaired) electrons. The second kappa shape index (κ2) is 10.0. The summed E-state index contributed by atoms with van der Waals surface area (Å²) >= 11 is 0. The number of nitrogens with zero attached hydrogens (tertiary/aromatic N) is 1. The number of carbonyl (C=O) groups excluding carboxylic acids is 2. The lowest BCUT2D eigenvalue weighted by Crippen LogP contribution is -2.41. The average Bonchev–Trinajstić information content (AvgIpc) is 2.96. The second-order valence-electron chi connectivity index (χ2n) is 8.22. The quantitative estimate of drug-likeness (QED) is 0.497. The topological polar surface area (TPSA) is 58.6 Å². The van der Waals surface area contributed by atoms with Crippen LogP contribution in [0, 0.1) is 11.6 Å². The van der Waals surface area contributed by atoms with Gasteiger partial charge in [-0.2, -0.15) is 0 Å². The lowest BCUT2D eigenvalue weighted by Gasteiger charge is -2.32. The van der Waals surface area contributed by atoms with Crippen molar-refractivity contribution in [3.05, 3.63) is 95.1 Å². The van der Waals surface area contributed by atoms with Crippen LogP contribution in [0.1, 0.15) is 54.2 Å². The van der Waals surface area contributed by atoms with Gasteiger partial charge >= 0.3 is 0 Å². The summed E-state index contributed by atoms with van der Waals surface area (Å²) in [6.45, 7) is 4.24. The van der Waals surface area contributed by atoms with Crippen molar-refractivity contribution in [3.8, 4) is 5.75 Å². The Hall–Kier alpha value is -3.74. The molecule has 0 aromatic heterocycles. The predicted octanol–water partition coefficient (Wildman–Crippen LogP) is 5.87. The van der Waals surface area contributed by atoms with E-state index in [1.165, 1.54) is 0 Å². The molecule has 176 valence electrons. The van der Waals surface area contributed by atoms with E-state index in [-0.39, 0.29) is 17.5 Å². The normalized spacial score (nSPS) is 16.3. The van der Waals surface area contributed by atoms with Gasteiger partial charge in [0.25, 0.3) is 11.8 Å². The van der Waals surface area contributed by atoms with Gasteiger partial charge < -0.3 is 15.0 Å². The summed E-state index contributed by atoms with van der Waals surface area (Å²) in [5.41, 5.74) is 1.93. The van der Waals surface area contributed by atoms with Crippen LogP contribution in [0.4, 0.5) is 14.5 Å². The highest BCUT2D eigenvalue weighted by Gasteiger charge is 2.34. The molecule has 34 heavy (non-hydrogen) atoms. The van der Waals surface area contributed by atoms with E-state index in [0.29, 0.717) is 30.5 Å². The fourth-order valence-corrected chi connectivity index (χ4v) is 4.25. The van der Waals surface area contributed by atoms with E-state index in [1.807, 2.05) is 49.1 Å². The van der Waals surface area contributed by atoms with Gasteiger partial charge in [-0.1, -0.05) is 44.2 Å². The van der Waals surface area contributed by atoms with Crippen LogP contribution in [0.25, 0.3) is 0 Å². The number of halogens is 2. The molecule has 7 heteroatoms. The zero-order chi connectivity index (χ0) is 24.2. The molecule has 1 heterocycles. The van der Waals surface area contributed by atoms with Gasteiger partial charge in [-0.05, 0) is 48.7 Å². The SMILES string of the molecule is CC[C@@H]1Oc2ccc(NC(=O)c3ccc(F)cc3F)cc2CN([C@H](CC)c2ccccc2)C1=O. The standard InChI is InChI=1S/C27H26F2N2O3/c1-3-23(17-8-6-5-7-9-17)31-16-18-14-20(11-13-25(18)34-24(4-2)27(31)33)30-26(32)21-12-10-19(28)15-22(21)29/h5-15,23-24H,3-4,16H2,1-2H3,(H,30,32)/t23-,24+/m1/s1. The number of benzene rings is 3. The van der Waals surface area contributed by atoms with E-state index in [1.54, 1.807) is 18.2 Å². The molecule has 0 spiro atoms. The monoisotopic (exact) mass is 464 g/mol. The molecule has 2 amide bonds. The number of hydrogen-bond acceptors (Lipinski definition) is 3. The van der Waals surface area contributed by atoms with Gasteiger partial charge in [0.1, 0.15) is 17.4 Å². The molecule has 2 atom stereocenters. The van der Waals surface area contributed by atoms with Gasteiger partial charge in [0.15, 0.2) is 6.10 Å². The maximum Gasteiger partial charge on any atom is 0.264 e. The van der Waals surface area contributed by atoms with Crippen LogP contribution in [0.3, 0.4) is 0 Å². The summed E-state index contributed by atoms with van der Waals surface area (Å²) in [5, 5.41) is 2.65. The molecule has 0 fully saturated rings. The number of fused-ring (bicyclic) bond motifs is 1. The fraction of sp³-hybridized carbons (Fsp3) is 0.259. The molecule has 3 aromatic rings. The molecule has 0 aliphatic carbocycles. The first-order chi connectivity index (χ1) is 16.4. The van der Waals surface area contributed by atoms with Crippen molar-refractivity contribution in [2.45, 2.75) is 45.4 Å². The molecule has 0 unspecified atom stereocenters. The average molecular weight is 465 g/mol. The molecule has 0 bridgehead atoms. The van der Waals surface area contributed by atoms with Gasteiger partial charge in [-0.3, -0.25) is 9.59 Å². The van der Waals surface area contributed by atoms with Crippen LogP contribution in [-0.2, 0) is 11.3 Å². The van der Waals surface area contributed by atoms with Gasteiger partial charge in [0.05, 0.1) is 18.2 Å². The Morgan fingerprint density at radius 3 is 2.53 bits per heavy atom. The van der Waals surface area contributed by atoms with E-state index in [9.17, 15) is 18.4 Å². The van der Waals surface area contributed by atoms with Crippen molar-refractivity contribution in [2.75, 3.05) is 5.32 Å². The lowest BCUT2D eigenvalue weighted by molar-refractivity contribution is -0.141. The molecular weight excluding hydrogens is 438 g/mol. The third kappa shape index (κ3) is 4.78. The summed E-state index contributed by atoms with van der Waals surface area (Å²) in [7, 11) is 0. The number of amides is 2. The van der Waals surface area contributed by atoms with Crippen molar-refractivity contribution >= 4 is 17.5 Å². The van der Waals surface area contributed by atoms with Crippen LogP contribution < -0.4 is 10.1 Å². The molecule has 1 aliphatic rings. The van der Waals surface area contributed by atoms with Crippen molar-refractivity contribution in [1.82, 2.24) is 4.90 Å². The third-order valence-corrected chi connectivity index (χ3v) is 5.98. The second-order valence-corrected chi connectivity index (χ2v) is 8.22. The zero-order valence-electron chi connectivity index (χ0n) is 19.1. The first-order valence-electron chi connectivity index (χ1n) is 11.3. The minimum absolute atomic E-state index is 0.0895. The maximum absolute atomic E-state index is 14.0. The number of hydrogen-bond donors (Lipinski definition) is 1. The molecule has 4 rings (SSSR count). The third-order valence-electron chi connectivity index (χ3n) is 5.98. The van der Waals surface area contributed by atoms with Crippen LogP contribution in [-0.4, -0.2) is 22.8 Å². The van der Waals surface area contributed by atoms with Crippen molar-refractivity contribution < 1.29 is 23.1 Å². The van der Waals surface area contributed by atoms with Crippen LogP contribution in [0.5, 0.6) is 5.75 Å². The van der Waals surface area contributed by atoms with Gasteiger partial charge in [0.2, 0.25) is 0 Å². The minimum Gasteiger partial charge on any atom is -0.480 e. The first kappa shape index (κ1) is 23.4. The van der Waals surface area contributed by atoms with E-state index >= 15 is 0 Å². The predicted molar refractivity (Wildman–Crippen MR) is 125 cm³/mol. The minimum atomic E-state index is -0.938. The Morgan fingerprint density at radius 1 is 1.09 bits per heavy atom. The Bertz CT molecular complexity index is 1200. The van der Waals surface area contributed by atoms with Crippen LogP contribution in [0.2, 0.25) is 0 Å². The summed E-state index contributed by atoms with van der Waals surface area (Å²) in [5.74, 6) is -1.91. The number of carbonyl (C=O) groups is 2. The highest BCUT2D eigenvalue weighted by atomic mass is 19.1. The summed E-state index contributed by atoms with van der Waals surface area (Å²) in [4.78, 5) is 27.8. The summed E-state index contributed by atoms with van der Waals surface area (Å²) in [6, 6.07) is 17.6. The van der Waals surface area contributed by atoms with E-state index in [2.05, 4.69) is 5.32 Å². The number of rotatable bonds is 6. The Balaban J connectivity index is 1.65. The van der Waals surface area contributed by atoms with Gasteiger partial charge in [-0.25, -0.2) is 8.78 Å². The molecule has 3 aromatic carbocycles. The highest BCUT2D eigenvalue weighted by molar-refractivity contribution is 6.04. The zero-order valence-corrected chi connectivity index (χ0v) is 19.1. The Kier molecular flexibility index (Phi) is 6.91. The largest absolute Gasteiger partial charge is 0.480 e. The lowest BCUT2D eigenvalue weighted by atomic mass is 10.0. The molecule has 5 nitrogen and oxygen atoms in total. The molecule has 0 saturated heterocycles. The summed E-state index contributed by atoms with van der Waals surface area (Å²) in [6.07, 6.45) is 0.622. The Morgan fingerprint density at radius 2 is 1.85 bits per heavy atom. The van der Waals surface area contributed by atoms with E-state index in [4.69, 9.17) is 4.74 Å². The van der Waals surface area contributed by atoms with Gasteiger partial charge in [0, 0.05) is 17.3 Å². The first-order valence-corrected chi connectivity index (χ1v) is 11.3. The molecule has 0 saturated carbocycles.